The highest BCUT2D eigenvalue weighted by Crippen LogP contribution is 2.43. The number of rotatable bonds is 12. The normalized spacial score (nSPS) is 17.3. The lowest BCUT2D eigenvalue weighted by molar-refractivity contribution is -0.0741. The molecule has 0 aliphatic carbocycles. The van der Waals surface area contributed by atoms with Crippen molar-refractivity contribution < 1.29 is 18.9 Å². The number of hydrogen-bond donors (Lipinski definition) is 0. The number of methoxy groups -OCH3 is 2. The molecular formula is C31H39NO4. The highest BCUT2D eigenvalue weighted by atomic mass is 16.5. The van der Waals surface area contributed by atoms with Crippen LogP contribution in [0.4, 0.5) is 0 Å². The summed E-state index contributed by atoms with van der Waals surface area (Å²) in [4.78, 5) is 2.34. The van der Waals surface area contributed by atoms with E-state index in [9.17, 15) is 0 Å². The zero-order valence-corrected chi connectivity index (χ0v) is 22.0. The Balaban J connectivity index is 1.40. The molecule has 1 aliphatic heterocycles. The second-order valence-electron chi connectivity index (χ2n) is 9.44. The molecule has 5 heteroatoms. The van der Waals surface area contributed by atoms with Gasteiger partial charge in [0.15, 0.2) is 11.5 Å². The largest absolute Gasteiger partial charge is 0.493 e. The topological polar surface area (TPSA) is 40.2 Å². The van der Waals surface area contributed by atoms with Crippen LogP contribution in [0.5, 0.6) is 11.5 Å². The van der Waals surface area contributed by atoms with Crippen LogP contribution in [0.15, 0.2) is 72.8 Å². The molecule has 5 nitrogen and oxygen atoms in total. The Labute approximate surface area is 215 Å². The maximum atomic E-state index is 6.47. The van der Waals surface area contributed by atoms with Crippen LogP contribution in [-0.4, -0.2) is 52.5 Å². The molecule has 0 N–H and O–H groups in total. The summed E-state index contributed by atoms with van der Waals surface area (Å²) in [7, 11) is 5.53. The Hall–Kier alpha value is -2.86. The fraction of sp³-hybridized carbons (Fsp3) is 0.419. The number of benzene rings is 3. The fourth-order valence-electron chi connectivity index (χ4n) is 5.11. The monoisotopic (exact) mass is 489 g/mol. The SMILES string of the molecule is CCC1(CCN(C)CCOC(c2ccccc2)c2ccccc2)OCCc2cc(OC)c(OC)cc21. The Kier molecular flexibility index (Phi) is 9.03. The van der Waals surface area contributed by atoms with Gasteiger partial charge in [0.05, 0.1) is 33.0 Å². The van der Waals surface area contributed by atoms with Crippen molar-refractivity contribution in [3.8, 4) is 11.5 Å². The quantitative estimate of drug-likeness (QED) is 0.312. The van der Waals surface area contributed by atoms with Crippen LogP contribution in [0.25, 0.3) is 0 Å². The van der Waals surface area contributed by atoms with E-state index in [0.29, 0.717) is 6.61 Å². The van der Waals surface area contributed by atoms with E-state index in [0.717, 1.165) is 50.5 Å². The van der Waals surface area contributed by atoms with Gasteiger partial charge in [-0.25, -0.2) is 0 Å². The summed E-state index contributed by atoms with van der Waals surface area (Å²) in [6, 6.07) is 25.1. The van der Waals surface area contributed by atoms with Gasteiger partial charge in [-0.05, 0) is 60.7 Å². The first-order valence-corrected chi connectivity index (χ1v) is 12.9. The van der Waals surface area contributed by atoms with Crippen LogP contribution in [0.3, 0.4) is 0 Å². The van der Waals surface area contributed by atoms with Gasteiger partial charge in [-0.3, -0.25) is 0 Å². The number of fused-ring (bicyclic) bond motifs is 1. The van der Waals surface area contributed by atoms with Gasteiger partial charge in [-0.2, -0.15) is 0 Å². The molecule has 36 heavy (non-hydrogen) atoms. The maximum absolute atomic E-state index is 6.47. The Morgan fingerprint density at radius 3 is 2.08 bits per heavy atom. The van der Waals surface area contributed by atoms with Crippen LogP contribution in [0.1, 0.15) is 48.1 Å². The molecule has 3 aromatic carbocycles. The maximum Gasteiger partial charge on any atom is 0.161 e. The number of likely N-dealkylation sites (N-methyl/N-ethyl adjacent to an activating group) is 1. The fourth-order valence-corrected chi connectivity index (χ4v) is 5.11. The van der Waals surface area contributed by atoms with Crippen LogP contribution in [-0.2, 0) is 21.5 Å². The smallest absolute Gasteiger partial charge is 0.161 e. The van der Waals surface area contributed by atoms with Crippen molar-refractivity contribution in [3.05, 3.63) is 95.1 Å². The average Bonchev–Trinajstić information content (AvgIpc) is 2.94. The van der Waals surface area contributed by atoms with Gasteiger partial charge in [0.25, 0.3) is 0 Å². The van der Waals surface area contributed by atoms with Gasteiger partial charge >= 0.3 is 0 Å². The lowest BCUT2D eigenvalue weighted by atomic mass is 9.81. The Bertz CT molecular complexity index is 1050. The lowest BCUT2D eigenvalue weighted by Gasteiger charge is -2.40. The van der Waals surface area contributed by atoms with Crippen molar-refractivity contribution >= 4 is 0 Å². The summed E-state index contributed by atoms with van der Waals surface area (Å²) < 4.78 is 24.1. The van der Waals surface area contributed by atoms with E-state index in [-0.39, 0.29) is 11.7 Å². The number of ether oxygens (including phenoxy) is 4. The lowest BCUT2D eigenvalue weighted by Crippen LogP contribution is -2.39. The molecule has 0 fully saturated rings. The molecule has 0 saturated heterocycles. The third-order valence-electron chi connectivity index (χ3n) is 7.28. The molecule has 1 aliphatic rings. The molecule has 1 unspecified atom stereocenters. The third-order valence-corrected chi connectivity index (χ3v) is 7.28. The van der Waals surface area contributed by atoms with Crippen LogP contribution in [0.2, 0.25) is 0 Å². The molecule has 1 atom stereocenters. The van der Waals surface area contributed by atoms with Crippen molar-refractivity contribution in [2.45, 2.75) is 37.9 Å². The molecule has 3 aromatic rings. The van der Waals surface area contributed by atoms with E-state index in [1.165, 1.54) is 22.3 Å². The zero-order chi connectivity index (χ0) is 25.4. The molecule has 4 rings (SSSR count). The second kappa shape index (κ2) is 12.4. The molecule has 192 valence electrons. The predicted molar refractivity (Wildman–Crippen MR) is 144 cm³/mol. The minimum atomic E-state index is -0.321. The van der Waals surface area contributed by atoms with Gasteiger partial charge in [0.1, 0.15) is 6.10 Å². The highest BCUT2D eigenvalue weighted by molar-refractivity contribution is 5.50. The number of hydrogen-bond acceptors (Lipinski definition) is 5. The minimum Gasteiger partial charge on any atom is -0.493 e. The summed E-state index contributed by atoms with van der Waals surface area (Å²) in [6.45, 7) is 5.33. The van der Waals surface area contributed by atoms with E-state index >= 15 is 0 Å². The highest BCUT2D eigenvalue weighted by Gasteiger charge is 2.37. The first-order valence-electron chi connectivity index (χ1n) is 12.9. The first-order chi connectivity index (χ1) is 17.6. The molecule has 0 amide bonds. The van der Waals surface area contributed by atoms with Crippen molar-refractivity contribution in [1.29, 1.82) is 0 Å². The van der Waals surface area contributed by atoms with Crippen molar-refractivity contribution in [2.24, 2.45) is 0 Å². The van der Waals surface area contributed by atoms with Gasteiger partial charge < -0.3 is 23.8 Å². The molecule has 0 aromatic heterocycles. The van der Waals surface area contributed by atoms with E-state index in [1.807, 2.05) is 12.1 Å². The van der Waals surface area contributed by atoms with Gasteiger partial charge in [0, 0.05) is 13.1 Å². The summed E-state index contributed by atoms with van der Waals surface area (Å²) >= 11 is 0. The molecule has 0 spiro atoms. The first kappa shape index (κ1) is 26.2. The molecule has 0 radical (unpaired) electrons. The summed E-state index contributed by atoms with van der Waals surface area (Å²) in [5.74, 6) is 1.54. The molecular weight excluding hydrogens is 450 g/mol. The third kappa shape index (κ3) is 5.92. The predicted octanol–water partition coefficient (Wildman–Crippen LogP) is 6.01. The standard InChI is InChI=1S/C31H39NO4/c1-5-31(27-23-29(34-4)28(33-3)22-26(27)16-20-36-31)17-18-32(2)19-21-35-30(24-12-8-6-9-13-24)25-14-10-7-11-15-25/h6-15,22-23,30H,5,16-21H2,1-4H3. The molecule has 0 saturated carbocycles. The van der Waals surface area contributed by atoms with E-state index in [4.69, 9.17) is 18.9 Å². The van der Waals surface area contributed by atoms with Gasteiger partial charge in [0.2, 0.25) is 0 Å². The Morgan fingerprint density at radius 1 is 0.889 bits per heavy atom. The van der Waals surface area contributed by atoms with E-state index in [2.05, 4.69) is 79.5 Å². The van der Waals surface area contributed by atoms with Crippen molar-refractivity contribution in [2.75, 3.05) is 47.6 Å². The summed E-state index contributed by atoms with van der Waals surface area (Å²) in [5.41, 5.74) is 4.55. The summed E-state index contributed by atoms with van der Waals surface area (Å²) in [5, 5.41) is 0. The second-order valence-corrected chi connectivity index (χ2v) is 9.44. The number of nitrogens with zero attached hydrogens (tertiary/aromatic N) is 1. The van der Waals surface area contributed by atoms with Gasteiger partial charge in [-0.1, -0.05) is 67.6 Å². The van der Waals surface area contributed by atoms with Gasteiger partial charge in [-0.15, -0.1) is 0 Å². The molecule has 1 heterocycles. The van der Waals surface area contributed by atoms with Crippen molar-refractivity contribution in [1.82, 2.24) is 4.90 Å². The van der Waals surface area contributed by atoms with E-state index in [1.54, 1.807) is 14.2 Å². The summed E-state index contributed by atoms with van der Waals surface area (Å²) in [6.07, 6.45) is 2.63. The van der Waals surface area contributed by atoms with Crippen LogP contribution in [0, 0.1) is 0 Å². The average molecular weight is 490 g/mol. The zero-order valence-electron chi connectivity index (χ0n) is 22.0. The van der Waals surface area contributed by atoms with Crippen LogP contribution >= 0.6 is 0 Å². The minimum absolute atomic E-state index is 0.0706. The van der Waals surface area contributed by atoms with E-state index < -0.39 is 0 Å². The molecule has 0 bridgehead atoms. The van der Waals surface area contributed by atoms with Crippen molar-refractivity contribution in [3.63, 3.8) is 0 Å². The van der Waals surface area contributed by atoms with Crippen LogP contribution < -0.4 is 9.47 Å². The Morgan fingerprint density at radius 2 is 1.50 bits per heavy atom.